The van der Waals surface area contributed by atoms with Gasteiger partial charge in [-0.25, -0.2) is 14.2 Å². The average Bonchev–Trinajstić information content (AvgIpc) is 3.25. The largest absolute Gasteiger partial charge is 0.490 e. The van der Waals surface area contributed by atoms with Gasteiger partial charge in [0, 0.05) is 25.2 Å². The summed E-state index contributed by atoms with van der Waals surface area (Å²) in [6.07, 6.45) is -5.08. The van der Waals surface area contributed by atoms with Gasteiger partial charge >= 0.3 is 12.1 Å². The van der Waals surface area contributed by atoms with E-state index in [9.17, 15) is 17.6 Å². The molecule has 0 unspecified atom stereocenters. The third-order valence-electron chi connectivity index (χ3n) is 5.20. The summed E-state index contributed by atoms with van der Waals surface area (Å²) in [5, 5.41) is 10.6. The highest BCUT2D eigenvalue weighted by Crippen LogP contribution is 2.25. The molecule has 4 aromatic rings. The van der Waals surface area contributed by atoms with Crippen LogP contribution in [0.5, 0.6) is 0 Å². The number of nitrogens with zero attached hydrogens (tertiary/aromatic N) is 2. The number of carboxylic acid groups (broad SMARTS) is 1. The molecule has 0 saturated carbocycles. The van der Waals surface area contributed by atoms with E-state index in [1.807, 2.05) is 12.1 Å². The van der Waals surface area contributed by atoms with E-state index in [0.717, 1.165) is 42.1 Å². The van der Waals surface area contributed by atoms with Gasteiger partial charge in [0.15, 0.2) is 0 Å². The first kappa shape index (κ1) is 26.8. The molecular weight excluding hydrogens is 476 g/mol. The molecule has 0 aliphatic heterocycles. The van der Waals surface area contributed by atoms with E-state index in [2.05, 4.69) is 70.7 Å². The monoisotopic (exact) mass is 502 g/mol. The van der Waals surface area contributed by atoms with Gasteiger partial charge in [-0.15, -0.1) is 0 Å². The van der Waals surface area contributed by atoms with Crippen LogP contribution in [0, 0.1) is 5.82 Å². The van der Waals surface area contributed by atoms with Gasteiger partial charge in [-0.1, -0.05) is 48.5 Å². The molecule has 0 aliphatic rings. The van der Waals surface area contributed by atoms with Crippen molar-refractivity contribution in [3.8, 4) is 22.5 Å². The van der Waals surface area contributed by atoms with E-state index in [1.165, 1.54) is 23.3 Å². The zero-order valence-electron chi connectivity index (χ0n) is 19.7. The van der Waals surface area contributed by atoms with Gasteiger partial charge in [0.05, 0.1) is 11.0 Å². The molecule has 1 aromatic heterocycles. The fraction of sp³-hybridized carbons (Fsp3) is 0.231. The number of nitrogens with one attached hydrogen (secondary N) is 2. The first-order valence-corrected chi connectivity index (χ1v) is 11.0. The Labute approximate surface area is 205 Å². The first-order valence-electron chi connectivity index (χ1n) is 11.0. The number of alkyl halides is 3. The number of imidazole rings is 1. The molecule has 6 nitrogen and oxygen atoms in total. The summed E-state index contributed by atoms with van der Waals surface area (Å²) < 4.78 is 45.1. The molecular formula is C26H26F4N4O2. The minimum atomic E-state index is -5.08. The lowest BCUT2D eigenvalue weighted by molar-refractivity contribution is -0.192. The van der Waals surface area contributed by atoms with Crippen molar-refractivity contribution in [2.24, 2.45) is 0 Å². The van der Waals surface area contributed by atoms with Crippen LogP contribution in [0.15, 0.2) is 66.7 Å². The number of hydrogen-bond donors (Lipinski definition) is 3. The van der Waals surface area contributed by atoms with Crippen LogP contribution in [0.3, 0.4) is 0 Å². The Morgan fingerprint density at radius 2 is 1.53 bits per heavy atom. The summed E-state index contributed by atoms with van der Waals surface area (Å²) in [7, 11) is 4.16. The van der Waals surface area contributed by atoms with Crippen molar-refractivity contribution in [2.75, 3.05) is 27.2 Å². The van der Waals surface area contributed by atoms with E-state index in [-0.39, 0.29) is 5.82 Å². The topological polar surface area (TPSA) is 81.2 Å². The van der Waals surface area contributed by atoms with E-state index in [1.54, 1.807) is 6.07 Å². The number of hydrogen-bond acceptors (Lipinski definition) is 4. The summed E-state index contributed by atoms with van der Waals surface area (Å²) in [5.74, 6) is -2.27. The Morgan fingerprint density at radius 3 is 2.08 bits per heavy atom. The second-order valence-corrected chi connectivity index (χ2v) is 8.30. The second kappa shape index (κ2) is 11.8. The summed E-state index contributed by atoms with van der Waals surface area (Å²) >= 11 is 0. The minimum Gasteiger partial charge on any atom is -0.475 e. The molecule has 0 amide bonds. The lowest BCUT2D eigenvalue weighted by Crippen LogP contribution is -2.26. The Hall–Kier alpha value is -3.76. The van der Waals surface area contributed by atoms with Gasteiger partial charge in [0.2, 0.25) is 0 Å². The average molecular weight is 503 g/mol. The number of halogens is 4. The van der Waals surface area contributed by atoms with Crippen LogP contribution in [0.1, 0.15) is 5.56 Å². The Kier molecular flexibility index (Phi) is 8.78. The summed E-state index contributed by atoms with van der Waals surface area (Å²) in [6.45, 7) is 2.88. The lowest BCUT2D eigenvalue weighted by atomic mass is 10.0. The summed E-state index contributed by atoms with van der Waals surface area (Å²) in [5.41, 5.74) is 6.06. The van der Waals surface area contributed by atoms with Crippen molar-refractivity contribution < 1.29 is 27.5 Å². The normalized spacial score (nSPS) is 11.4. The fourth-order valence-electron chi connectivity index (χ4n) is 3.29. The van der Waals surface area contributed by atoms with E-state index in [0.29, 0.717) is 5.52 Å². The van der Waals surface area contributed by atoms with Gasteiger partial charge < -0.3 is 20.3 Å². The molecule has 0 radical (unpaired) electrons. The molecule has 3 N–H and O–H groups in total. The highest BCUT2D eigenvalue weighted by atomic mass is 19.4. The zero-order valence-corrected chi connectivity index (χ0v) is 19.7. The highest BCUT2D eigenvalue weighted by molar-refractivity contribution is 5.80. The molecule has 10 heteroatoms. The Bertz CT molecular complexity index is 1280. The number of carbonyl (C=O) groups is 1. The van der Waals surface area contributed by atoms with Crippen molar-refractivity contribution in [3.05, 3.63) is 78.1 Å². The van der Waals surface area contributed by atoms with Gasteiger partial charge in [-0.05, 0) is 49.0 Å². The summed E-state index contributed by atoms with van der Waals surface area (Å²) in [4.78, 5) is 18.8. The number of aromatic nitrogens is 2. The van der Waals surface area contributed by atoms with Crippen LogP contribution in [0.4, 0.5) is 17.6 Å². The number of benzene rings is 3. The third kappa shape index (κ3) is 7.62. The Balaban J connectivity index is 0.000000454. The lowest BCUT2D eigenvalue weighted by Gasteiger charge is -2.10. The van der Waals surface area contributed by atoms with Gasteiger partial charge in [0.25, 0.3) is 0 Å². The molecule has 0 saturated heterocycles. The van der Waals surface area contributed by atoms with E-state index < -0.39 is 12.1 Å². The smallest absolute Gasteiger partial charge is 0.475 e. The molecule has 0 bridgehead atoms. The highest BCUT2D eigenvalue weighted by Gasteiger charge is 2.38. The van der Waals surface area contributed by atoms with E-state index in [4.69, 9.17) is 9.90 Å². The van der Waals surface area contributed by atoms with Gasteiger partial charge in [-0.3, -0.25) is 0 Å². The SMILES string of the molecule is CN(C)CCNCc1ccc(-c2ccc(-c3nc4ccc(F)cc4[nH]3)cc2)cc1.O=C(O)C(F)(F)F. The maximum atomic E-state index is 13.4. The molecule has 3 aromatic carbocycles. The maximum Gasteiger partial charge on any atom is 0.490 e. The quantitative estimate of drug-likeness (QED) is 0.235. The molecule has 0 atom stereocenters. The van der Waals surface area contributed by atoms with Crippen molar-refractivity contribution in [3.63, 3.8) is 0 Å². The van der Waals surface area contributed by atoms with Crippen LogP contribution in [-0.2, 0) is 11.3 Å². The minimum absolute atomic E-state index is 0.264. The number of fused-ring (bicyclic) bond motifs is 1. The number of rotatable bonds is 7. The number of aliphatic carboxylic acids is 1. The van der Waals surface area contributed by atoms with Gasteiger partial charge in [0.1, 0.15) is 11.6 Å². The number of H-pyrrole nitrogens is 1. The molecule has 4 rings (SSSR count). The third-order valence-corrected chi connectivity index (χ3v) is 5.20. The molecule has 1 heterocycles. The second-order valence-electron chi connectivity index (χ2n) is 8.30. The van der Waals surface area contributed by atoms with Crippen molar-refractivity contribution in [2.45, 2.75) is 12.7 Å². The fourth-order valence-corrected chi connectivity index (χ4v) is 3.29. The van der Waals surface area contributed by atoms with Crippen LogP contribution < -0.4 is 5.32 Å². The standard InChI is InChI=1S/C24H25FN4.C2HF3O2/c1-29(2)14-13-26-16-17-3-5-18(6-4-17)19-7-9-20(10-8-19)24-27-22-12-11-21(25)15-23(22)28-24;3-2(4,5)1(6)7/h3-12,15,26H,13-14,16H2,1-2H3,(H,27,28);(H,6,7). The number of likely N-dealkylation sites (N-methyl/N-ethyl adjacent to an activating group) is 1. The van der Waals surface area contributed by atoms with Crippen LogP contribution in [0.25, 0.3) is 33.5 Å². The number of carboxylic acids is 1. The Morgan fingerprint density at radius 1 is 0.972 bits per heavy atom. The van der Waals surface area contributed by atoms with E-state index >= 15 is 0 Å². The molecule has 36 heavy (non-hydrogen) atoms. The van der Waals surface area contributed by atoms with Crippen molar-refractivity contribution in [1.29, 1.82) is 0 Å². The maximum absolute atomic E-state index is 13.4. The van der Waals surface area contributed by atoms with Crippen LogP contribution in [0.2, 0.25) is 0 Å². The van der Waals surface area contributed by atoms with Crippen molar-refractivity contribution >= 4 is 17.0 Å². The summed E-state index contributed by atoms with van der Waals surface area (Å²) in [6, 6.07) is 21.5. The first-order chi connectivity index (χ1) is 17.0. The number of aromatic amines is 1. The van der Waals surface area contributed by atoms with Crippen LogP contribution in [-0.4, -0.2) is 59.3 Å². The molecule has 0 aliphatic carbocycles. The molecule has 0 spiro atoms. The molecule has 0 fully saturated rings. The predicted molar refractivity (Wildman–Crippen MR) is 131 cm³/mol. The van der Waals surface area contributed by atoms with Gasteiger partial charge in [-0.2, -0.15) is 13.2 Å². The zero-order chi connectivity index (χ0) is 26.3. The van der Waals surface area contributed by atoms with Crippen molar-refractivity contribution in [1.82, 2.24) is 20.2 Å². The predicted octanol–water partition coefficient (Wildman–Crippen LogP) is 5.32. The molecule has 190 valence electrons. The van der Waals surface area contributed by atoms with Crippen LogP contribution >= 0.6 is 0 Å².